The molecule has 0 radical (unpaired) electrons. The zero-order valence-electron chi connectivity index (χ0n) is 35.3. The summed E-state index contributed by atoms with van der Waals surface area (Å²) in [5.41, 5.74) is 0. The second-order valence-corrected chi connectivity index (χ2v) is 15.9. The highest BCUT2D eigenvalue weighted by Crippen LogP contribution is 2.17. The lowest BCUT2D eigenvalue weighted by molar-refractivity contribution is -0.167. The van der Waals surface area contributed by atoms with Crippen LogP contribution < -0.4 is 0 Å². The Kier molecular flexibility index (Phi) is 39.4. The molecule has 308 valence electrons. The van der Waals surface area contributed by atoms with E-state index in [4.69, 9.17) is 14.2 Å². The minimum Gasteiger partial charge on any atom is -0.462 e. The van der Waals surface area contributed by atoms with E-state index in [1.54, 1.807) is 0 Å². The first-order chi connectivity index (χ1) is 25.4. The molecule has 0 saturated carbocycles. The Balaban J connectivity index is 4.30. The third-order valence-electron chi connectivity index (χ3n) is 10.7. The molecule has 0 aromatic heterocycles. The van der Waals surface area contributed by atoms with Crippen LogP contribution in [0.2, 0.25) is 0 Å². The Morgan fingerprint density at radius 3 is 1.00 bits per heavy atom. The van der Waals surface area contributed by atoms with Crippen molar-refractivity contribution in [3.8, 4) is 0 Å². The van der Waals surface area contributed by atoms with Gasteiger partial charge < -0.3 is 14.2 Å². The van der Waals surface area contributed by atoms with Crippen molar-refractivity contribution in [3.05, 3.63) is 0 Å². The highest BCUT2D eigenvalue weighted by molar-refractivity contribution is 5.71. The highest BCUT2D eigenvalue weighted by Gasteiger charge is 2.19. The number of rotatable bonds is 41. The van der Waals surface area contributed by atoms with Crippen LogP contribution in [0.1, 0.15) is 252 Å². The van der Waals surface area contributed by atoms with E-state index in [-0.39, 0.29) is 31.1 Å². The number of unbranched alkanes of at least 4 members (excludes halogenated alkanes) is 27. The molecular weight excluding hydrogens is 648 g/mol. The van der Waals surface area contributed by atoms with Crippen molar-refractivity contribution in [2.24, 2.45) is 5.92 Å². The van der Waals surface area contributed by atoms with Gasteiger partial charge in [0.05, 0.1) is 0 Å². The first-order valence-corrected chi connectivity index (χ1v) is 22.9. The van der Waals surface area contributed by atoms with Gasteiger partial charge in [-0.05, 0) is 25.2 Å². The topological polar surface area (TPSA) is 78.9 Å². The minimum absolute atomic E-state index is 0.0640. The highest BCUT2D eigenvalue weighted by atomic mass is 16.6. The first-order valence-electron chi connectivity index (χ1n) is 22.9. The predicted octanol–water partition coefficient (Wildman–Crippen LogP) is 14.3. The molecule has 0 amide bonds. The van der Waals surface area contributed by atoms with Gasteiger partial charge in [0, 0.05) is 19.3 Å². The lowest BCUT2D eigenvalue weighted by Gasteiger charge is -2.18. The van der Waals surface area contributed by atoms with Gasteiger partial charge in [-0.25, -0.2) is 0 Å². The van der Waals surface area contributed by atoms with Crippen LogP contribution in [0.25, 0.3) is 0 Å². The summed E-state index contributed by atoms with van der Waals surface area (Å²) in [5, 5.41) is 0. The number of carbonyl (C=O) groups excluding carboxylic acids is 3. The molecule has 0 bridgehead atoms. The smallest absolute Gasteiger partial charge is 0.306 e. The first kappa shape index (κ1) is 50.4. The molecule has 0 aliphatic heterocycles. The maximum absolute atomic E-state index is 12.7. The lowest BCUT2D eigenvalue weighted by Crippen LogP contribution is -2.30. The summed E-state index contributed by atoms with van der Waals surface area (Å²) in [7, 11) is 0. The van der Waals surface area contributed by atoms with Crippen LogP contribution in [0.3, 0.4) is 0 Å². The molecule has 0 N–H and O–H groups in total. The Labute approximate surface area is 323 Å². The fraction of sp³-hybridized carbons (Fsp3) is 0.935. The Morgan fingerprint density at radius 2 is 0.673 bits per heavy atom. The molecule has 52 heavy (non-hydrogen) atoms. The molecule has 0 heterocycles. The number of esters is 3. The molecule has 6 heteroatoms. The van der Waals surface area contributed by atoms with Gasteiger partial charge in [-0.2, -0.15) is 0 Å². The van der Waals surface area contributed by atoms with E-state index in [0.717, 1.165) is 63.7 Å². The van der Waals surface area contributed by atoms with E-state index < -0.39 is 6.10 Å². The van der Waals surface area contributed by atoms with Gasteiger partial charge in [-0.1, -0.05) is 214 Å². The van der Waals surface area contributed by atoms with Gasteiger partial charge in [0.2, 0.25) is 0 Å². The van der Waals surface area contributed by atoms with E-state index in [2.05, 4.69) is 27.7 Å². The normalized spacial score (nSPS) is 12.5. The van der Waals surface area contributed by atoms with Crippen LogP contribution >= 0.6 is 0 Å². The van der Waals surface area contributed by atoms with Gasteiger partial charge in [0.1, 0.15) is 13.2 Å². The van der Waals surface area contributed by atoms with Crippen LogP contribution in [0.5, 0.6) is 0 Å². The molecular formula is C46H88O6. The van der Waals surface area contributed by atoms with Gasteiger partial charge in [-0.15, -0.1) is 0 Å². The van der Waals surface area contributed by atoms with Crippen molar-refractivity contribution >= 4 is 17.9 Å². The Bertz CT molecular complexity index is 783. The molecule has 0 fully saturated rings. The number of carbonyl (C=O) groups is 3. The van der Waals surface area contributed by atoms with E-state index in [1.165, 1.54) is 148 Å². The fourth-order valence-electron chi connectivity index (χ4n) is 6.77. The Hall–Kier alpha value is -1.59. The van der Waals surface area contributed by atoms with Crippen molar-refractivity contribution in [2.75, 3.05) is 13.2 Å². The zero-order chi connectivity index (χ0) is 38.2. The van der Waals surface area contributed by atoms with Crippen LogP contribution in [-0.2, 0) is 28.6 Å². The average molecular weight is 737 g/mol. The summed E-state index contributed by atoms with van der Waals surface area (Å²) < 4.78 is 16.7. The SMILES string of the molecule is CCCCCCCCCCCCCC(=O)OC[C@H](COC(=O)CCCCCCCCCCCCC(C)CC)OC(=O)CCCCCCCCCCC. The van der Waals surface area contributed by atoms with Crippen LogP contribution in [0, 0.1) is 5.92 Å². The van der Waals surface area contributed by atoms with Crippen molar-refractivity contribution in [2.45, 2.75) is 259 Å². The van der Waals surface area contributed by atoms with E-state index >= 15 is 0 Å². The van der Waals surface area contributed by atoms with E-state index in [9.17, 15) is 14.4 Å². The third kappa shape index (κ3) is 38.1. The molecule has 6 nitrogen and oxygen atoms in total. The molecule has 1 unspecified atom stereocenters. The summed E-state index contributed by atoms with van der Waals surface area (Å²) in [5.74, 6) is 0.0129. The predicted molar refractivity (Wildman–Crippen MR) is 220 cm³/mol. The van der Waals surface area contributed by atoms with Crippen LogP contribution in [-0.4, -0.2) is 37.2 Å². The number of ether oxygens (including phenoxy) is 3. The van der Waals surface area contributed by atoms with Gasteiger partial charge >= 0.3 is 17.9 Å². The summed E-state index contributed by atoms with van der Waals surface area (Å²) in [6.45, 7) is 9.00. The molecule has 0 rings (SSSR count). The van der Waals surface area contributed by atoms with Gasteiger partial charge in [0.25, 0.3) is 0 Å². The van der Waals surface area contributed by atoms with E-state index in [0.29, 0.717) is 19.3 Å². The second-order valence-electron chi connectivity index (χ2n) is 15.9. The van der Waals surface area contributed by atoms with E-state index in [1.807, 2.05) is 0 Å². The standard InChI is InChI=1S/C46H88O6/c1-5-8-10-12-14-16-17-22-25-29-33-37-44(47)50-40-43(52-46(49)39-35-31-27-20-15-13-11-9-6-2)41-51-45(48)38-34-30-26-23-19-18-21-24-28-32-36-42(4)7-3/h42-43H,5-41H2,1-4H3/t42?,43-/m1/s1. The van der Waals surface area contributed by atoms with Crippen LogP contribution in [0.15, 0.2) is 0 Å². The molecule has 0 aromatic rings. The van der Waals surface area contributed by atoms with Crippen molar-refractivity contribution in [1.82, 2.24) is 0 Å². The number of hydrogen-bond acceptors (Lipinski definition) is 6. The number of hydrogen-bond donors (Lipinski definition) is 0. The largest absolute Gasteiger partial charge is 0.462 e. The van der Waals surface area contributed by atoms with Crippen molar-refractivity contribution in [1.29, 1.82) is 0 Å². The molecule has 0 aliphatic rings. The zero-order valence-corrected chi connectivity index (χ0v) is 35.3. The molecule has 0 aliphatic carbocycles. The quantitative estimate of drug-likeness (QED) is 0.0353. The molecule has 0 saturated heterocycles. The van der Waals surface area contributed by atoms with Crippen molar-refractivity contribution < 1.29 is 28.6 Å². The monoisotopic (exact) mass is 737 g/mol. The second kappa shape index (κ2) is 40.6. The summed E-state index contributed by atoms with van der Waals surface area (Å²) >= 11 is 0. The van der Waals surface area contributed by atoms with Gasteiger partial charge in [0.15, 0.2) is 6.10 Å². The minimum atomic E-state index is -0.758. The summed E-state index contributed by atoms with van der Waals surface area (Å²) in [6, 6.07) is 0. The van der Waals surface area contributed by atoms with Crippen LogP contribution in [0.4, 0.5) is 0 Å². The lowest BCUT2D eigenvalue weighted by atomic mass is 9.99. The summed E-state index contributed by atoms with van der Waals surface area (Å²) in [6.07, 6.45) is 39.3. The van der Waals surface area contributed by atoms with Gasteiger partial charge in [-0.3, -0.25) is 14.4 Å². The maximum atomic E-state index is 12.7. The third-order valence-corrected chi connectivity index (χ3v) is 10.7. The molecule has 0 aromatic carbocycles. The summed E-state index contributed by atoms with van der Waals surface area (Å²) in [4.78, 5) is 37.6. The molecule has 0 spiro atoms. The average Bonchev–Trinajstić information content (AvgIpc) is 3.14. The Morgan fingerprint density at radius 1 is 0.385 bits per heavy atom. The fourth-order valence-corrected chi connectivity index (χ4v) is 6.77. The molecule has 2 atom stereocenters. The van der Waals surface area contributed by atoms with Crippen molar-refractivity contribution in [3.63, 3.8) is 0 Å². The maximum Gasteiger partial charge on any atom is 0.306 e.